The minimum atomic E-state index is 0.222. The van der Waals surface area contributed by atoms with Crippen molar-refractivity contribution in [2.45, 2.75) is 12.8 Å². The van der Waals surface area contributed by atoms with Gasteiger partial charge in [-0.3, -0.25) is 4.98 Å². The second-order valence-corrected chi connectivity index (χ2v) is 3.75. The second-order valence-electron chi connectivity index (χ2n) is 3.39. The molecule has 0 saturated carbocycles. The summed E-state index contributed by atoms with van der Waals surface area (Å²) < 4.78 is 0. The fraction of sp³-hybridized carbons (Fsp3) is 0.167. The van der Waals surface area contributed by atoms with Crippen LogP contribution in [-0.4, -0.2) is 9.97 Å². The molecule has 0 saturated heterocycles. The number of pyridine rings is 2. The van der Waals surface area contributed by atoms with Crippen LogP contribution in [0.3, 0.4) is 0 Å². The molecule has 0 aromatic carbocycles. The quantitative estimate of drug-likeness (QED) is 0.723. The van der Waals surface area contributed by atoms with Gasteiger partial charge in [-0.1, -0.05) is 30.7 Å². The van der Waals surface area contributed by atoms with E-state index in [1.54, 1.807) is 12.4 Å². The van der Waals surface area contributed by atoms with E-state index in [1.165, 1.54) is 0 Å². The van der Waals surface area contributed by atoms with Gasteiger partial charge in [0.1, 0.15) is 5.15 Å². The summed E-state index contributed by atoms with van der Waals surface area (Å²) >= 11 is 6.04. The van der Waals surface area contributed by atoms with Crippen LogP contribution >= 0.6 is 11.6 Å². The van der Waals surface area contributed by atoms with E-state index in [2.05, 4.69) is 16.9 Å². The van der Waals surface area contributed by atoms with Gasteiger partial charge in [0.15, 0.2) is 0 Å². The first kappa shape index (κ1) is 10.1. The van der Waals surface area contributed by atoms with Crippen LogP contribution in [0, 0.1) is 0 Å². The highest BCUT2D eigenvalue weighted by atomic mass is 35.5. The van der Waals surface area contributed by atoms with Crippen molar-refractivity contribution in [3.63, 3.8) is 0 Å². The molecule has 2 aromatic rings. The topological polar surface area (TPSA) is 25.8 Å². The SMILES string of the molecule is CC(c1cccnc1)c1cccnc1Cl. The number of hydrogen-bond donors (Lipinski definition) is 0. The van der Waals surface area contributed by atoms with Crippen LogP contribution in [-0.2, 0) is 0 Å². The lowest BCUT2D eigenvalue weighted by Crippen LogP contribution is -1.98. The molecule has 0 aliphatic rings. The number of nitrogens with zero attached hydrogens (tertiary/aromatic N) is 2. The summed E-state index contributed by atoms with van der Waals surface area (Å²) in [6.07, 6.45) is 5.32. The van der Waals surface area contributed by atoms with Crippen LogP contribution in [0.4, 0.5) is 0 Å². The summed E-state index contributed by atoms with van der Waals surface area (Å²) in [5, 5.41) is 0.564. The Hall–Kier alpha value is -1.41. The van der Waals surface area contributed by atoms with E-state index in [9.17, 15) is 0 Å². The molecule has 1 unspecified atom stereocenters. The predicted molar refractivity (Wildman–Crippen MR) is 61.0 cm³/mol. The van der Waals surface area contributed by atoms with E-state index in [-0.39, 0.29) is 5.92 Å². The van der Waals surface area contributed by atoms with Gasteiger partial charge in [0.25, 0.3) is 0 Å². The minimum Gasteiger partial charge on any atom is -0.264 e. The Labute approximate surface area is 94.0 Å². The molecule has 3 heteroatoms. The highest BCUT2D eigenvalue weighted by Crippen LogP contribution is 2.27. The molecule has 0 fully saturated rings. The van der Waals surface area contributed by atoms with Gasteiger partial charge in [0.05, 0.1) is 0 Å². The molecule has 0 aliphatic carbocycles. The molecule has 0 N–H and O–H groups in total. The van der Waals surface area contributed by atoms with Crippen LogP contribution in [0.5, 0.6) is 0 Å². The lowest BCUT2D eigenvalue weighted by Gasteiger charge is -2.12. The monoisotopic (exact) mass is 218 g/mol. The number of halogens is 1. The second kappa shape index (κ2) is 4.41. The van der Waals surface area contributed by atoms with Gasteiger partial charge in [-0.25, -0.2) is 4.98 Å². The lowest BCUT2D eigenvalue weighted by molar-refractivity contribution is 0.902. The zero-order chi connectivity index (χ0) is 10.7. The van der Waals surface area contributed by atoms with Gasteiger partial charge in [0.2, 0.25) is 0 Å². The summed E-state index contributed by atoms with van der Waals surface area (Å²) in [6, 6.07) is 7.86. The van der Waals surface area contributed by atoms with Crippen LogP contribution in [0.15, 0.2) is 42.9 Å². The predicted octanol–water partition coefficient (Wildman–Crippen LogP) is 3.28. The molecular weight excluding hydrogens is 208 g/mol. The van der Waals surface area contributed by atoms with E-state index in [4.69, 9.17) is 11.6 Å². The van der Waals surface area contributed by atoms with E-state index in [0.717, 1.165) is 11.1 Å². The fourth-order valence-electron chi connectivity index (χ4n) is 1.53. The number of aromatic nitrogens is 2. The largest absolute Gasteiger partial charge is 0.264 e. The van der Waals surface area contributed by atoms with Gasteiger partial charge < -0.3 is 0 Å². The molecule has 15 heavy (non-hydrogen) atoms. The van der Waals surface area contributed by atoms with E-state index >= 15 is 0 Å². The molecule has 2 rings (SSSR count). The zero-order valence-electron chi connectivity index (χ0n) is 8.39. The number of hydrogen-bond acceptors (Lipinski definition) is 2. The fourth-order valence-corrected chi connectivity index (χ4v) is 1.82. The maximum atomic E-state index is 6.04. The van der Waals surface area contributed by atoms with Crippen molar-refractivity contribution in [1.29, 1.82) is 0 Å². The maximum Gasteiger partial charge on any atom is 0.132 e. The Morgan fingerprint density at radius 1 is 1.20 bits per heavy atom. The van der Waals surface area contributed by atoms with Crippen molar-refractivity contribution in [2.75, 3.05) is 0 Å². The van der Waals surface area contributed by atoms with Crippen molar-refractivity contribution in [3.8, 4) is 0 Å². The first-order valence-corrected chi connectivity index (χ1v) is 5.17. The third kappa shape index (κ3) is 2.16. The Kier molecular flexibility index (Phi) is 2.97. The van der Waals surface area contributed by atoms with Crippen molar-refractivity contribution in [1.82, 2.24) is 9.97 Å². The molecule has 1 atom stereocenters. The van der Waals surface area contributed by atoms with Gasteiger partial charge >= 0.3 is 0 Å². The average molecular weight is 219 g/mol. The van der Waals surface area contributed by atoms with Crippen molar-refractivity contribution in [2.24, 2.45) is 0 Å². The summed E-state index contributed by atoms with van der Waals surface area (Å²) in [5.41, 5.74) is 2.18. The van der Waals surface area contributed by atoms with Crippen molar-refractivity contribution >= 4 is 11.6 Å². The molecule has 0 aliphatic heterocycles. The minimum absolute atomic E-state index is 0.222. The molecule has 76 valence electrons. The van der Waals surface area contributed by atoms with Gasteiger partial charge in [-0.05, 0) is 23.3 Å². The average Bonchev–Trinajstić information content (AvgIpc) is 2.30. The molecule has 2 nitrogen and oxygen atoms in total. The van der Waals surface area contributed by atoms with E-state index in [1.807, 2.05) is 30.5 Å². The van der Waals surface area contributed by atoms with E-state index in [0.29, 0.717) is 5.15 Å². The summed E-state index contributed by atoms with van der Waals surface area (Å²) in [5.74, 6) is 0.222. The number of rotatable bonds is 2. The van der Waals surface area contributed by atoms with Crippen LogP contribution < -0.4 is 0 Å². The molecule has 0 spiro atoms. The first-order valence-electron chi connectivity index (χ1n) is 4.79. The van der Waals surface area contributed by atoms with Gasteiger partial charge in [-0.15, -0.1) is 0 Å². The van der Waals surface area contributed by atoms with Crippen LogP contribution in [0.1, 0.15) is 24.0 Å². The Morgan fingerprint density at radius 2 is 2.00 bits per heavy atom. The molecule has 2 heterocycles. The zero-order valence-corrected chi connectivity index (χ0v) is 9.15. The maximum absolute atomic E-state index is 6.04. The summed E-state index contributed by atoms with van der Waals surface area (Å²) in [4.78, 5) is 8.17. The lowest BCUT2D eigenvalue weighted by atomic mass is 9.96. The first-order chi connectivity index (χ1) is 7.29. The molecular formula is C12H11ClN2. The highest BCUT2D eigenvalue weighted by molar-refractivity contribution is 6.30. The standard InChI is InChI=1S/C12H11ClN2/c1-9(10-4-2-6-14-8-10)11-5-3-7-15-12(11)13/h2-9H,1H3. The summed E-state index contributed by atoms with van der Waals surface area (Å²) in [7, 11) is 0. The highest BCUT2D eigenvalue weighted by Gasteiger charge is 2.11. The third-order valence-corrected chi connectivity index (χ3v) is 2.75. The molecule has 0 amide bonds. The normalized spacial score (nSPS) is 12.4. The van der Waals surface area contributed by atoms with Crippen LogP contribution in [0.2, 0.25) is 5.15 Å². The van der Waals surface area contributed by atoms with Gasteiger partial charge in [0, 0.05) is 24.5 Å². The molecule has 2 aromatic heterocycles. The van der Waals surface area contributed by atoms with Gasteiger partial charge in [-0.2, -0.15) is 0 Å². The Balaban J connectivity index is 2.37. The molecule has 0 bridgehead atoms. The van der Waals surface area contributed by atoms with Crippen molar-refractivity contribution < 1.29 is 0 Å². The smallest absolute Gasteiger partial charge is 0.132 e. The summed E-state index contributed by atoms with van der Waals surface area (Å²) in [6.45, 7) is 2.10. The van der Waals surface area contributed by atoms with E-state index < -0.39 is 0 Å². The molecule has 0 radical (unpaired) electrons. The van der Waals surface area contributed by atoms with Crippen LogP contribution in [0.25, 0.3) is 0 Å². The Bertz CT molecular complexity index is 442. The third-order valence-electron chi connectivity index (χ3n) is 2.44. The van der Waals surface area contributed by atoms with Crippen molar-refractivity contribution in [3.05, 3.63) is 59.1 Å². The Morgan fingerprint density at radius 3 is 2.67 bits per heavy atom.